The first-order chi connectivity index (χ1) is 9.49. The van der Waals surface area contributed by atoms with Crippen LogP contribution in [0.4, 0.5) is 4.79 Å². The SMILES string of the molecule is CCN1CCC(N(C)C(=O)NC(C)CCCO)C(C)C1. The van der Waals surface area contributed by atoms with Crippen LogP contribution in [0.1, 0.15) is 40.0 Å². The molecule has 20 heavy (non-hydrogen) atoms. The Morgan fingerprint density at radius 2 is 2.25 bits per heavy atom. The Hall–Kier alpha value is -0.810. The molecule has 1 saturated heterocycles. The first-order valence-electron chi connectivity index (χ1n) is 7.86. The third-order valence-electron chi connectivity index (χ3n) is 4.37. The van der Waals surface area contributed by atoms with Crippen molar-refractivity contribution in [3.8, 4) is 0 Å². The average molecular weight is 285 g/mol. The quantitative estimate of drug-likeness (QED) is 0.778. The summed E-state index contributed by atoms with van der Waals surface area (Å²) in [6.45, 7) is 9.82. The monoisotopic (exact) mass is 285 g/mol. The molecule has 2 amide bonds. The van der Waals surface area contributed by atoms with Gasteiger partial charge >= 0.3 is 6.03 Å². The number of urea groups is 1. The van der Waals surface area contributed by atoms with Gasteiger partial charge in [-0.2, -0.15) is 0 Å². The summed E-state index contributed by atoms with van der Waals surface area (Å²) in [4.78, 5) is 16.6. The summed E-state index contributed by atoms with van der Waals surface area (Å²) < 4.78 is 0. The maximum absolute atomic E-state index is 12.3. The minimum Gasteiger partial charge on any atom is -0.396 e. The van der Waals surface area contributed by atoms with Crippen molar-refractivity contribution in [2.45, 2.75) is 52.1 Å². The first-order valence-corrected chi connectivity index (χ1v) is 7.86. The second kappa shape index (κ2) is 8.47. The van der Waals surface area contributed by atoms with Gasteiger partial charge < -0.3 is 20.2 Å². The molecule has 0 saturated carbocycles. The lowest BCUT2D eigenvalue weighted by molar-refractivity contribution is 0.0952. The number of carbonyl (C=O) groups excluding carboxylic acids is 1. The molecule has 2 N–H and O–H groups in total. The predicted octanol–water partition coefficient (Wildman–Crippen LogP) is 1.52. The van der Waals surface area contributed by atoms with Crippen LogP contribution < -0.4 is 5.32 Å². The molecular formula is C15H31N3O2. The van der Waals surface area contributed by atoms with E-state index in [0.717, 1.165) is 38.9 Å². The number of nitrogens with zero attached hydrogens (tertiary/aromatic N) is 2. The maximum Gasteiger partial charge on any atom is 0.317 e. The fourth-order valence-electron chi connectivity index (χ4n) is 3.02. The van der Waals surface area contributed by atoms with Gasteiger partial charge in [0.25, 0.3) is 0 Å². The fraction of sp³-hybridized carbons (Fsp3) is 0.933. The number of hydrogen-bond donors (Lipinski definition) is 2. The number of carbonyl (C=O) groups is 1. The summed E-state index contributed by atoms with van der Waals surface area (Å²) in [6, 6.07) is 0.447. The van der Waals surface area contributed by atoms with E-state index < -0.39 is 0 Å². The number of hydrogen-bond acceptors (Lipinski definition) is 3. The van der Waals surface area contributed by atoms with Crippen LogP contribution in [0.2, 0.25) is 0 Å². The lowest BCUT2D eigenvalue weighted by Gasteiger charge is -2.41. The Labute approximate surface area is 123 Å². The van der Waals surface area contributed by atoms with E-state index in [2.05, 4.69) is 24.1 Å². The molecule has 1 aliphatic rings. The molecule has 3 atom stereocenters. The second-order valence-corrected chi connectivity index (χ2v) is 6.05. The molecule has 1 heterocycles. The molecule has 0 aromatic carbocycles. The number of aliphatic hydroxyl groups is 1. The van der Waals surface area contributed by atoms with Crippen LogP contribution in [-0.4, -0.2) is 66.3 Å². The standard InChI is InChI=1S/C15H31N3O2/c1-5-18-9-8-14(12(2)11-18)17(4)15(20)16-13(3)7-6-10-19/h12-14,19H,5-11H2,1-4H3,(H,16,20). The molecule has 118 valence electrons. The Balaban J connectivity index is 2.44. The summed E-state index contributed by atoms with van der Waals surface area (Å²) in [5.41, 5.74) is 0. The van der Waals surface area contributed by atoms with Crippen LogP contribution in [0.3, 0.4) is 0 Å². The van der Waals surface area contributed by atoms with Gasteiger partial charge in [-0.05, 0) is 38.6 Å². The van der Waals surface area contributed by atoms with Crippen molar-refractivity contribution in [3.05, 3.63) is 0 Å². The fourth-order valence-corrected chi connectivity index (χ4v) is 3.02. The van der Waals surface area contributed by atoms with Crippen molar-refractivity contribution in [1.82, 2.24) is 15.1 Å². The van der Waals surface area contributed by atoms with Crippen LogP contribution in [0, 0.1) is 5.92 Å². The van der Waals surface area contributed by atoms with Gasteiger partial charge in [-0.15, -0.1) is 0 Å². The Kier molecular flexibility index (Phi) is 7.30. The van der Waals surface area contributed by atoms with Gasteiger partial charge in [-0.3, -0.25) is 0 Å². The molecule has 5 nitrogen and oxygen atoms in total. The second-order valence-electron chi connectivity index (χ2n) is 6.05. The molecule has 0 aromatic heterocycles. The number of rotatable bonds is 6. The zero-order chi connectivity index (χ0) is 15.1. The van der Waals surface area contributed by atoms with Crippen LogP contribution in [0.15, 0.2) is 0 Å². The molecular weight excluding hydrogens is 254 g/mol. The van der Waals surface area contributed by atoms with E-state index in [1.54, 1.807) is 0 Å². The highest BCUT2D eigenvalue weighted by Crippen LogP contribution is 2.21. The molecule has 1 fully saturated rings. The van der Waals surface area contributed by atoms with Gasteiger partial charge in [0.2, 0.25) is 0 Å². The number of aliphatic hydroxyl groups excluding tert-OH is 1. The van der Waals surface area contributed by atoms with Crippen molar-refractivity contribution >= 4 is 6.03 Å². The largest absolute Gasteiger partial charge is 0.396 e. The van der Waals surface area contributed by atoms with Crippen LogP contribution >= 0.6 is 0 Å². The van der Waals surface area contributed by atoms with E-state index in [-0.39, 0.29) is 18.7 Å². The summed E-state index contributed by atoms with van der Waals surface area (Å²) in [7, 11) is 1.90. The molecule has 0 spiro atoms. The lowest BCUT2D eigenvalue weighted by atomic mass is 9.93. The summed E-state index contributed by atoms with van der Waals surface area (Å²) >= 11 is 0. The molecule has 1 rings (SSSR count). The third kappa shape index (κ3) is 4.94. The number of likely N-dealkylation sites (tertiary alicyclic amines) is 1. The predicted molar refractivity (Wildman–Crippen MR) is 81.8 cm³/mol. The zero-order valence-corrected chi connectivity index (χ0v) is 13.4. The van der Waals surface area contributed by atoms with E-state index in [9.17, 15) is 4.79 Å². The number of amides is 2. The van der Waals surface area contributed by atoms with Crippen LogP contribution in [-0.2, 0) is 0 Å². The highest BCUT2D eigenvalue weighted by atomic mass is 16.3. The van der Waals surface area contributed by atoms with E-state index >= 15 is 0 Å². The van der Waals surface area contributed by atoms with Crippen molar-refractivity contribution in [2.75, 3.05) is 33.3 Å². The Bertz CT molecular complexity index is 299. The smallest absolute Gasteiger partial charge is 0.317 e. The van der Waals surface area contributed by atoms with E-state index in [0.29, 0.717) is 12.0 Å². The summed E-state index contributed by atoms with van der Waals surface area (Å²) in [6.07, 6.45) is 2.60. The molecule has 5 heteroatoms. The first kappa shape index (κ1) is 17.2. The van der Waals surface area contributed by atoms with Gasteiger partial charge in [0.15, 0.2) is 0 Å². The highest BCUT2D eigenvalue weighted by molar-refractivity contribution is 5.74. The van der Waals surface area contributed by atoms with Gasteiger partial charge in [-0.25, -0.2) is 4.79 Å². The molecule has 0 aromatic rings. The average Bonchev–Trinajstić information content (AvgIpc) is 2.44. The van der Waals surface area contributed by atoms with Crippen molar-refractivity contribution in [1.29, 1.82) is 0 Å². The molecule has 3 unspecified atom stereocenters. The Morgan fingerprint density at radius 3 is 2.80 bits per heavy atom. The third-order valence-corrected chi connectivity index (χ3v) is 4.37. The summed E-state index contributed by atoms with van der Waals surface area (Å²) in [5, 5.41) is 11.8. The van der Waals surface area contributed by atoms with Crippen molar-refractivity contribution < 1.29 is 9.90 Å². The van der Waals surface area contributed by atoms with Crippen molar-refractivity contribution in [3.63, 3.8) is 0 Å². The van der Waals surface area contributed by atoms with Crippen LogP contribution in [0.25, 0.3) is 0 Å². The van der Waals surface area contributed by atoms with Gasteiger partial charge in [0.05, 0.1) is 0 Å². The molecule has 0 radical (unpaired) electrons. The number of piperidine rings is 1. The topological polar surface area (TPSA) is 55.8 Å². The van der Waals surface area contributed by atoms with Gasteiger partial charge in [-0.1, -0.05) is 13.8 Å². The normalized spacial score (nSPS) is 25.2. The molecule has 0 bridgehead atoms. The minimum atomic E-state index is 0.0113. The number of nitrogens with one attached hydrogen (secondary N) is 1. The molecule has 1 aliphatic heterocycles. The molecule has 0 aliphatic carbocycles. The van der Waals surface area contributed by atoms with Crippen LogP contribution in [0.5, 0.6) is 0 Å². The minimum absolute atomic E-state index is 0.0113. The van der Waals surface area contributed by atoms with E-state index in [1.807, 2.05) is 18.9 Å². The maximum atomic E-state index is 12.3. The van der Waals surface area contributed by atoms with E-state index in [1.165, 1.54) is 0 Å². The van der Waals surface area contributed by atoms with E-state index in [4.69, 9.17) is 5.11 Å². The summed E-state index contributed by atoms with van der Waals surface area (Å²) in [5.74, 6) is 0.507. The van der Waals surface area contributed by atoms with Gasteiger partial charge in [0.1, 0.15) is 0 Å². The lowest BCUT2D eigenvalue weighted by Crippen LogP contribution is -2.54. The Morgan fingerprint density at radius 1 is 1.55 bits per heavy atom. The van der Waals surface area contributed by atoms with Gasteiger partial charge in [0, 0.05) is 38.8 Å². The zero-order valence-electron chi connectivity index (χ0n) is 13.4. The highest BCUT2D eigenvalue weighted by Gasteiger charge is 2.30. The van der Waals surface area contributed by atoms with Crippen molar-refractivity contribution in [2.24, 2.45) is 5.92 Å².